The minimum atomic E-state index is -0.170. The van der Waals surface area contributed by atoms with Crippen LogP contribution in [0.5, 0.6) is 0 Å². The molecule has 5 nitrogen and oxygen atoms in total. The van der Waals surface area contributed by atoms with E-state index >= 15 is 0 Å². The monoisotopic (exact) mass is 410 g/mol. The van der Waals surface area contributed by atoms with Crippen LogP contribution in [0.15, 0.2) is 103 Å². The Hall–Kier alpha value is -4.12. The van der Waals surface area contributed by atoms with E-state index in [2.05, 4.69) is 27.5 Å². The van der Waals surface area contributed by atoms with Gasteiger partial charge in [0.15, 0.2) is 0 Å². The molecule has 0 spiro atoms. The first-order chi connectivity index (χ1) is 15.1. The highest BCUT2D eigenvalue weighted by atomic mass is 16.1. The van der Waals surface area contributed by atoms with Crippen LogP contribution in [-0.2, 0) is 0 Å². The SMILES string of the molecule is C=C/C=C(\C=C/C)Nc1ccc(NC(=O)c2cccc(Nc3ccnc(C)c3)c2)cc1. The second kappa shape index (κ2) is 10.6. The molecule has 3 aromatic rings. The molecule has 31 heavy (non-hydrogen) atoms. The van der Waals surface area contributed by atoms with Gasteiger partial charge in [0.2, 0.25) is 0 Å². The van der Waals surface area contributed by atoms with Gasteiger partial charge < -0.3 is 16.0 Å². The summed E-state index contributed by atoms with van der Waals surface area (Å²) in [6.07, 6.45) is 9.29. The first-order valence-electron chi connectivity index (χ1n) is 10.0. The molecule has 1 aromatic heterocycles. The van der Waals surface area contributed by atoms with Crippen LogP contribution < -0.4 is 16.0 Å². The Morgan fingerprint density at radius 2 is 1.65 bits per heavy atom. The van der Waals surface area contributed by atoms with Gasteiger partial charge in [-0.25, -0.2) is 0 Å². The number of rotatable bonds is 8. The van der Waals surface area contributed by atoms with Gasteiger partial charge in [-0.05, 0) is 80.6 Å². The van der Waals surface area contributed by atoms with E-state index in [1.54, 1.807) is 18.3 Å². The average molecular weight is 411 g/mol. The van der Waals surface area contributed by atoms with Crippen molar-refractivity contribution in [1.29, 1.82) is 0 Å². The van der Waals surface area contributed by atoms with Crippen molar-refractivity contribution < 1.29 is 4.79 Å². The predicted octanol–water partition coefficient (Wildman–Crippen LogP) is 6.44. The molecule has 0 aliphatic heterocycles. The lowest BCUT2D eigenvalue weighted by atomic mass is 10.1. The fourth-order valence-electron chi connectivity index (χ4n) is 2.98. The molecule has 0 saturated heterocycles. The van der Waals surface area contributed by atoms with Gasteiger partial charge in [-0.1, -0.05) is 24.8 Å². The number of anilines is 4. The summed E-state index contributed by atoms with van der Waals surface area (Å²) < 4.78 is 0. The van der Waals surface area contributed by atoms with Crippen LogP contribution >= 0.6 is 0 Å². The topological polar surface area (TPSA) is 66.0 Å². The van der Waals surface area contributed by atoms with Gasteiger partial charge in [0, 0.05) is 45.9 Å². The summed E-state index contributed by atoms with van der Waals surface area (Å²) in [5, 5.41) is 9.55. The summed E-state index contributed by atoms with van der Waals surface area (Å²) in [6.45, 7) is 7.62. The number of amides is 1. The average Bonchev–Trinajstić information content (AvgIpc) is 2.76. The molecule has 0 aliphatic rings. The van der Waals surface area contributed by atoms with Crippen LogP contribution in [0.2, 0.25) is 0 Å². The molecule has 3 N–H and O–H groups in total. The standard InChI is InChI=1S/C26H26N4O/c1-4-7-21(8-5-2)28-22-11-13-23(14-12-22)30-26(31)20-9-6-10-24(18-20)29-25-15-16-27-19(3)17-25/h4-18,28H,1H2,2-3H3,(H,27,29)(H,30,31)/b8-5-,21-7+. The highest BCUT2D eigenvalue weighted by Gasteiger charge is 2.07. The second-order valence-corrected chi connectivity index (χ2v) is 6.91. The van der Waals surface area contributed by atoms with Crippen molar-refractivity contribution in [3.8, 4) is 0 Å². The maximum Gasteiger partial charge on any atom is 0.255 e. The van der Waals surface area contributed by atoms with Gasteiger partial charge in [-0.15, -0.1) is 0 Å². The lowest BCUT2D eigenvalue weighted by Gasteiger charge is -2.11. The van der Waals surface area contributed by atoms with Crippen LogP contribution in [0, 0.1) is 6.92 Å². The summed E-state index contributed by atoms with van der Waals surface area (Å²) >= 11 is 0. The van der Waals surface area contributed by atoms with E-state index in [0.29, 0.717) is 5.56 Å². The molecule has 2 aromatic carbocycles. The van der Waals surface area contributed by atoms with Gasteiger partial charge in [0.05, 0.1) is 0 Å². The normalized spacial score (nSPS) is 11.2. The van der Waals surface area contributed by atoms with E-state index < -0.39 is 0 Å². The van der Waals surface area contributed by atoms with Gasteiger partial charge in [0.25, 0.3) is 5.91 Å². The number of nitrogens with zero attached hydrogens (tertiary/aromatic N) is 1. The number of pyridine rings is 1. The van der Waals surface area contributed by atoms with Gasteiger partial charge >= 0.3 is 0 Å². The maximum atomic E-state index is 12.7. The molecular formula is C26H26N4O. The molecule has 1 heterocycles. The zero-order chi connectivity index (χ0) is 22.1. The van der Waals surface area contributed by atoms with Crippen molar-refractivity contribution in [3.63, 3.8) is 0 Å². The summed E-state index contributed by atoms with van der Waals surface area (Å²) in [6, 6.07) is 18.8. The Labute approximate surface area is 183 Å². The fourth-order valence-corrected chi connectivity index (χ4v) is 2.98. The molecular weight excluding hydrogens is 384 g/mol. The third kappa shape index (κ3) is 6.44. The molecule has 1 amide bonds. The van der Waals surface area contributed by atoms with Crippen molar-refractivity contribution in [2.75, 3.05) is 16.0 Å². The smallest absolute Gasteiger partial charge is 0.255 e. The Balaban J connectivity index is 1.66. The molecule has 5 heteroatoms. The molecule has 0 saturated carbocycles. The zero-order valence-electron chi connectivity index (χ0n) is 17.7. The zero-order valence-corrected chi connectivity index (χ0v) is 17.7. The van der Waals surface area contributed by atoms with Crippen LogP contribution in [0.1, 0.15) is 23.0 Å². The summed E-state index contributed by atoms with van der Waals surface area (Å²) in [5.74, 6) is -0.170. The van der Waals surface area contributed by atoms with E-state index in [1.807, 2.05) is 86.7 Å². The number of nitrogens with one attached hydrogen (secondary N) is 3. The molecule has 0 unspecified atom stereocenters. The predicted molar refractivity (Wildman–Crippen MR) is 130 cm³/mol. The Kier molecular flexibility index (Phi) is 7.38. The Bertz CT molecular complexity index is 1110. The number of carbonyl (C=O) groups is 1. The van der Waals surface area contributed by atoms with E-state index in [0.717, 1.165) is 34.1 Å². The minimum Gasteiger partial charge on any atom is -0.356 e. The van der Waals surface area contributed by atoms with Gasteiger partial charge in [-0.2, -0.15) is 0 Å². The number of hydrogen-bond donors (Lipinski definition) is 3. The van der Waals surface area contributed by atoms with Crippen molar-refractivity contribution in [2.24, 2.45) is 0 Å². The molecule has 3 rings (SSSR count). The third-order valence-electron chi connectivity index (χ3n) is 4.39. The quantitative estimate of drug-likeness (QED) is 0.374. The summed E-state index contributed by atoms with van der Waals surface area (Å²) in [5.41, 5.74) is 5.83. The van der Waals surface area contributed by atoms with Crippen molar-refractivity contribution in [2.45, 2.75) is 13.8 Å². The number of aromatic nitrogens is 1. The molecule has 0 aliphatic carbocycles. The van der Waals surface area contributed by atoms with Crippen molar-refractivity contribution >= 4 is 28.7 Å². The van der Waals surface area contributed by atoms with Crippen molar-refractivity contribution in [3.05, 3.63) is 115 Å². The van der Waals surface area contributed by atoms with E-state index in [-0.39, 0.29) is 5.91 Å². The molecule has 0 radical (unpaired) electrons. The lowest BCUT2D eigenvalue weighted by molar-refractivity contribution is 0.102. The molecule has 0 bridgehead atoms. The summed E-state index contributed by atoms with van der Waals surface area (Å²) in [4.78, 5) is 16.9. The lowest BCUT2D eigenvalue weighted by Crippen LogP contribution is -2.12. The van der Waals surface area contributed by atoms with Crippen LogP contribution in [-0.4, -0.2) is 10.9 Å². The highest BCUT2D eigenvalue weighted by molar-refractivity contribution is 6.05. The van der Waals surface area contributed by atoms with Gasteiger partial charge in [0.1, 0.15) is 0 Å². The fraction of sp³-hybridized carbons (Fsp3) is 0.0769. The number of allylic oxidation sites excluding steroid dienone is 4. The molecule has 0 atom stereocenters. The number of aryl methyl sites for hydroxylation is 1. The maximum absolute atomic E-state index is 12.7. The number of carbonyl (C=O) groups excluding carboxylic acids is 1. The molecule has 0 fully saturated rings. The van der Waals surface area contributed by atoms with E-state index in [4.69, 9.17) is 0 Å². The Morgan fingerprint density at radius 3 is 2.32 bits per heavy atom. The largest absolute Gasteiger partial charge is 0.356 e. The first kappa shape index (κ1) is 21.6. The van der Waals surface area contributed by atoms with Gasteiger partial charge in [-0.3, -0.25) is 9.78 Å². The highest BCUT2D eigenvalue weighted by Crippen LogP contribution is 2.20. The number of hydrogen-bond acceptors (Lipinski definition) is 4. The second-order valence-electron chi connectivity index (χ2n) is 6.91. The third-order valence-corrected chi connectivity index (χ3v) is 4.39. The Morgan fingerprint density at radius 1 is 0.935 bits per heavy atom. The van der Waals surface area contributed by atoms with Crippen molar-refractivity contribution in [1.82, 2.24) is 4.98 Å². The first-order valence-corrected chi connectivity index (χ1v) is 10.0. The van der Waals surface area contributed by atoms with Crippen LogP contribution in [0.3, 0.4) is 0 Å². The van der Waals surface area contributed by atoms with Crippen LogP contribution in [0.4, 0.5) is 22.7 Å². The van der Waals surface area contributed by atoms with E-state index in [9.17, 15) is 4.79 Å². The van der Waals surface area contributed by atoms with Crippen LogP contribution in [0.25, 0.3) is 0 Å². The van der Waals surface area contributed by atoms with E-state index in [1.165, 1.54) is 0 Å². The minimum absolute atomic E-state index is 0.170. The number of benzene rings is 2. The summed E-state index contributed by atoms with van der Waals surface area (Å²) in [7, 11) is 0. The molecule has 156 valence electrons.